The van der Waals surface area contributed by atoms with Crippen LogP contribution in [0, 0.1) is 0 Å². The van der Waals surface area contributed by atoms with Crippen molar-refractivity contribution in [3.05, 3.63) is 194 Å². The van der Waals surface area contributed by atoms with Gasteiger partial charge in [-0.15, -0.1) is 11.3 Å². The van der Waals surface area contributed by atoms with Gasteiger partial charge in [-0.1, -0.05) is 170 Å². The Kier molecular flexibility index (Phi) is 7.96. The molecule has 5 nitrogen and oxygen atoms in total. The fourth-order valence-corrected chi connectivity index (χ4v) is 9.62. The standard InChI is InChI=1S/C54H32N4OS/c1-3-12-33(13-4-1)34-22-26-37(27-23-34)53-56-52(36-14-5-2-6-15-36)57-54(58-53)38-28-24-35(25-29-38)49-48-43-17-7-9-20-46(43)59-50(48)44-32-39(30-31-45(44)55-49)40-18-11-19-42-41-16-8-10-21-47(41)60-51(40)42/h1-32H. The maximum absolute atomic E-state index is 6.73. The first kappa shape index (κ1) is 34.3. The Labute approximate surface area is 348 Å². The number of hydrogen-bond donors (Lipinski definition) is 0. The molecular formula is C54H32N4OS. The lowest BCUT2D eigenvalue weighted by atomic mass is 9.98. The fraction of sp³-hybridized carbons (Fsp3) is 0. The maximum atomic E-state index is 6.73. The molecular weight excluding hydrogens is 753 g/mol. The van der Waals surface area contributed by atoms with Gasteiger partial charge < -0.3 is 4.42 Å². The van der Waals surface area contributed by atoms with Crippen LogP contribution in [-0.2, 0) is 0 Å². The van der Waals surface area contributed by atoms with Crippen LogP contribution in [0.15, 0.2) is 199 Å². The van der Waals surface area contributed by atoms with Crippen molar-refractivity contribution < 1.29 is 4.42 Å². The summed E-state index contributed by atoms with van der Waals surface area (Å²) in [7, 11) is 0. The van der Waals surface area contributed by atoms with Gasteiger partial charge in [0.25, 0.3) is 0 Å². The second-order valence-electron chi connectivity index (χ2n) is 15.0. The van der Waals surface area contributed by atoms with E-state index < -0.39 is 0 Å². The van der Waals surface area contributed by atoms with Crippen LogP contribution in [0.4, 0.5) is 0 Å². The number of rotatable bonds is 6. The van der Waals surface area contributed by atoms with Crippen LogP contribution in [0.25, 0.3) is 121 Å². The average molecular weight is 785 g/mol. The van der Waals surface area contributed by atoms with Gasteiger partial charge in [-0.05, 0) is 46.5 Å². The summed E-state index contributed by atoms with van der Waals surface area (Å²) in [5, 5.41) is 5.58. The Morgan fingerprint density at radius 2 is 0.900 bits per heavy atom. The largest absolute Gasteiger partial charge is 0.455 e. The van der Waals surface area contributed by atoms with E-state index in [-0.39, 0.29) is 0 Å². The van der Waals surface area contributed by atoms with Crippen LogP contribution in [0.5, 0.6) is 0 Å². The van der Waals surface area contributed by atoms with E-state index in [1.165, 1.54) is 25.7 Å². The van der Waals surface area contributed by atoms with Gasteiger partial charge in [-0.2, -0.15) is 0 Å². The van der Waals surface area contributed by atoms with Crippen LogP contribution in [0.3, 0.4) is 0 Å². The third-order valence-electron chi connectivity index (χ3n) is 11.4. The SMILES string of the molecule is c1ccc(-c2ccc(-c3nc(-c4ccccc4)nc(-c4ccc(-c5nc6ccc(-c7cccc8c7sc7ccccc78)cc6c6oc7ccccc7c56)cc4)n3)cc2)cc1. The topological polar surface area (TPSA) is 64.7 Å². The summed E-state index contributed by atoms with van der Waals surface area (Å²) in [5.74, 6) is 1.84. The van der Waals surface area contributed by atoms with Crippen LogP contribution in [-0.4, -0.2) is 19.9 Å². The summed E-state index contributed by atoms with van der Waals surface area (Å²) in [6.07, 6.45) is 0. The fourth-order valence-electron chi connectivity index (χ4n) is 8.38. The van der Waals surface area contributed by atoms with Crippen molar-refractivity contribution in [1.82, 2.24) is 19.9 Å². The minimum absolute atomic E-state index is 0.601. The summed E-state index contributed by atoms with van der Waals surface area (Å²) in [4.78, 5) is 20.4. The van der Waals surface area contributed by atoms with Gasteiger partial charge in [0, 0.05) is 53.2 Å². The van der Waals surface area contributed by atoms with Gasteiger partial charge in [0.15, 0.2) is 17.5 Å². The van der Waals surface area contributed by atoms with Gasteiger partial charge in [-0.3, -0.25) is 0 Å². The summed E-state index contributed by atoms with van der Waals surface area (Å²) < 4.78 is 9.30. The van der Waals surface area contributed by atoms with Crippen molar-refractivity contribution in [1.29, 1.82) is 0 Å². The number of aromatic nitrogens is 4. The van der Waals surface area contributed by atoms with Gasteiger partial charge in [-0.25, -0.2) is 19.9 Å². The molecule has 12 rings (SSSR count). The molecule has 0 bridgehead atoms. The van der Waals surface area contributed by atoms with E-state index in [0.717, 1.165) is 77.5 Å². The van der Waals surface area contributed by atoms with E-state index in [2.05, 4.69) is 146 Å². The summed E-state index contributed by atoms with van der Waals surface area (Å²) >= 11 is 1.84. The zero-order chi connectivity index (χ0) is 39.6. The predicted molar refractivity (Wildman–Crippen MR) is 248 cm³/mol. The highest BCUT2D eigenvalue weighted by Crippen LogP contribution is 2.43. The highest BCUT2D eigenvalue weighted by atomic mass is 32.1. The molecule has 0 unspecified atom stereocenters. The van der Waals surface area contributed by atoms with Crippen LogP contribution < -0.4 is 0 Å². The molecule has 0 aliphatic carbocycles. The molecule has 4 aromatic heterocycles. The van der Waals surface area contributed by atoms with E-state index in [1.807, 2.05) is 59.9 Å². The second kappa shape index (κ2) is 13.9. The van der Waals surface area contributed by atoms with Crippen molar-refractivity contribution in [2.24, 2.45) is 0 Å². The predicted octanol–water partition coefficient (Wildman–Crippen LogP) is 14.7. The Morgan fingerprint density at radius 3 is 1.62 bits per heavy atom. The number of pyridine rings is 1. The van der Waals surface area contributed by atoms with Crippen LogP contribution in [0.1, 0.15) is 0 Å². The van der Waals surface area contributed by atoms with Crippen molar-refractivity contribution >= 4 is 64.4 Å². The minimum atomic E-state index is 0.601. The van der Waals surface area contributed by atoms with Crippen molar-refractivity contribution in [2.75, 3.05) is 0 Å². The lowest BCUT2D eigenvalue weighted by Crippen LogP contribution is -2.00. The Balaban J connectivity index is 0.970. The molecule has 6 heteroatoms. The van der Waals surface area contributed by atoms with E-state index in [0.29, 0.717) is 17.5 Å². The van der Waals surface area contributed by atoms with E-state index in [9.17, 15) is 0 Å². The maximum Gasteiger partial charge on any atom is 0.164 e. The lowest BCUT2D eigenvalue weighted by Gasteiger charge is -2.11. The number of hydrogen-bond acceptors (Lipinski definition) is 6. The number of fused-ring (bicyclic) bond motifs is 8. The quantitative estimate of drug-likeness (QED) is 0.168. The van der Waals surface area contributed by atoms with Crippen LogP contribution >= 0.6 is 11.3 Å². The molecule has 0 saturated heterocycles. The molecule has 0 N–H and O–H groups in total. The molecule has 0 amide bonds. The normalized spacial score (nSPS) is 11.7. The Morgan fingerprint density at radius 1 is 0.367 bits per heavy atom. The van der Waals surface area contributed by atoms with E-state index in [1.54, 1.807) is 0 Å². The number of nitrogens with zero attached hydrogens (tertiary/aromatic N) is 4. The first-order valence-corrected chi connectivity index (χ1v) is 20.8. The molecule has 0 radical (unpaired) electrons. The highest BCUT2D eigenvalue weighted by molar-refractivity contribution is 7.26. The van der Waals surface area contributed by atoms with Gasteiger partial charge >= 0.3 is 0 Å². The number of benzene rings is 8. The monoisotopic (exact) mass is 784 g/mol. The molecule has 0 aliphatic heterocycles. The third kappa shape index (κ3) is 5.76. The summed E-state index contributed by atoms with van der Waals surface area (Å²) in [6.45, 7) is 0. The number of furan rings is 1. The minimum Gasteiger partial charge on any atom is -0.455 e. The Bertz CT molecular complexity index is 3580. The summed E-state index contributed by atoms with van der Waals surface area (Å²) in [5.41, 5.74) is 11.8. The van der Waals surface area contributed by atoms with Crippen molar-refractivity contribution in [2.45, 2.75) is 0 Å². The first-order chi connectivity index (χ1) is 29.7. The molecule has 12 aromatic rings. The zero-order valence-corrected chi connectivity index (χ0v) is 32.9. The second-order valence-corrected chi connectivity index (χ2v) is 16.0. The molecule has 0 fully saturated rings. The molecule has 4 heterocycles. The average Bonchev–Trinajstić information content (AvgIpc) is 3.91. The molecule has 280 valence electrons. The van der Waals surface area contributed by atoms with Gasteiger partial charge in [0.1, 0.15) is 11.2 Å². The molecule has 0 spiro atoms. The molecule has 0 aliphatic rings. The highest BCUT2D eigenvalue weighted by Gasteiger charge is 2.20. The number of para-hydroxylation sites is 1. The lowest BCUT2D eigenvalue weighted by molar-refractivity contribution is 0.672. The first-order valence-electron chi connectivity index (χ1n) is 20.0. The smallest absolute Gasteiger partial charge is 0.164 e. The van der Waals surface area contributed by atoms with Crippen molar-refractivity contribution in [3.63, 3.8) is 0 Å². The molecule has 60 heavy (non-hydrogen) atoms. The molecule has 8 aromatic carbocycles. The molecule has 0 atom stereocenters. The third-order valence-corrected chi connectivity index (χ3v) is 12.6. The van der Waals surface area contributed by atoms with Crippen LogP contribution in [0.2, 0.25) is 0 Å². The van der Waals surface area contributed by atoms with E-state index in [4.69, 9.17) is 24.4 Å². The van der Waals surface area contributed by atoms with E-state index >= 15 is 0 Å². The summed E-state index contributed by atoms with van der Waals surface area (Å²) in [6, 6.07) is 67.3. The number of thiophene rings is 1. The van der Waals surface area contributed by atoms with Gasteiger partial charge in [0.05, 0.1) is 16.6 Å². The molecule has 0 saturated carbocycles. The van der Waals surface area contributed by atoms with Crippen molar-refractivity contribution in [3.8, 4) is 67.7 Å². The Hall–Kier alpha value is -7.80. The van der Waals surface area contributed by atoms with Gasteiger partial charge in [0.2, 0.25) is 0 Å². The zero-order valence-electron chi connectivity index (χ0n) is 32.1.